The number of aliphatic imine (C=N–C) groups is 1. The van der Waals surface area contributed by atoms with Crippen LogP contribution >= 0.6 is 8.60 Å². The predicted molar refractivity (Wildman–Crippen MR) is 161 cm³/mol. The van der Waals surface area contributed by atoms with Crippen molar-refractivity contribution in [3.05, 3.63) is 64.7 Å². The minimum absolute atomic E-state index is 0.149. The van der Waals surface area contributed by atoms with E-state index in [4.69, 9.17) is 28.0 Å². The smallest absolute Gasteiger partial charge is 0.419 e. The second-order valence-electron chi connectivity index (χ2n) is 12.8. The maximum atomic E-state index is 14.0. The second kappa shape index (κ2) is 14.1. The van der Waals surface area contributed by atoms with Crippen LogP contribution in [0.15, 0.2) is 47.5 Å². The van der Waals surface area contributed by atoms with Crippen LogP contribution in [0.2, 0.25) is 0 Å². The molecule has 0 bridgehead atoms. The topological polar surface area (TPSA) is 58.5 Å². The molecule has 3 rings (SSSR count). The lowest BCUT2D eigenvalue weighted by atomic mass is 9.93. The van der Waals surface area contributed by atoms with Crippen molar-refractivity contribution < 1.29 is 36.2 Å². The first-order valence-corrected chi connectivity index (χ1v) is 15.4. The molecule has 0 fully saturated rings. The van der Waals surface area contributed by atoms with E-state index in [1.807, 2.05) is 72.7 Å². The summed E-state index contributed by atoms with van der Waals surface area (Å²) in [5, 5.41) is 0. The Labute approximate surface area is 250 Å². The molecule has 1 aliphatic heterocycles. The number of ether oxygens (including phenoxy) is 2. The fourth-order valence-corrected chi connectivity index (χ4v) is 5.78. The van der Waals surface area contributed by atoms with E-state index in [0.29, 0.717) is 30.7 Å². The van der Waals surface area contributed by atoms with E-state index >= 15 is 0 Å². The van der Waals surface area contributed by atoms with Gasteiger partial charge in [-0.15, -0.1) is 0 Å². The minimum Gasteiger partial charge on any atom is -0.493 e. The number of hydrogen-bond donors (Lipinski definition) is 0. The number of benzene rings is 2. The maximum absolute atomic E-state index is 14.0. The zero-order valence-electron chi connectivity index (χ0n) is 26.1. The molecule has 1 atom stereocenters. The molecule has 0 saturated carbocycles. The van der Waals surface area contributed by atoms with Gasteiger partial charge in [0.1, 0.15) is 17.9 Å². The molecule has 2 aromatic carbocycles. The van der Waals surface area contributed by atoms with Crippen LogP contribution in [0, 0.1) is 6.92 Å². The van der Waals surface area contributed by atoms with Gasteiger partial charge in [0, 0.05) is 6.92 Å². The maximum Gasteiger partial charge on any atom is 0.419 e. The van der Waals surface area contributed by atoms with Crippen molar-refractivity contribution in [2.75, 3.05) is 19.8 Å². The average Bonchev–Trinajstić information content (AvgIpc) is 3.24. The zero-order valence-corrected chi connectivity index (χ0v) is 27.0. The Balaban J connectivity index is 1.68. The molecular weight excluding hydrogens is 566 g/mol. The van der Waals surface area contributed by atoms with Gasteiger partial charge in [0.2, 0.25) is 0 Å². The van der Waals surface area contributed by atoms with E-state index in [1.165, 1.54) is 17.7 Å². The minimum atomic E-state index is -4.54. The number of hydrogen-bond acceptors (Lipinski definition) is 6. The molecule has 0 aliphatic carbocycles. The largest absolute Gasteiger partial charge is 0.493 e. The third-order valence-corrected chi connectivity index (χ3v) is 8.15. The lowest BCUT2D eigenvalue weighted by Crippen LogP contribution is -2.35. The molecule has 1 heterocycles. The van der Waals surface area contributed by atoms with Crippen LogP contribution in [-0.2, 0) is 37.3 Å². The first kappa shape index (κ1) is 34.3. The monoisotopic (exact) mass is 611 g/mol. The number of alkyl halides is 3. The van der Waals surface area contributed by atoms with Gasteiger partial charge in [-0.3, -0.25) is 0 Å². The highest BCUT2D eigenvalue weighted by Gasteiger charge is 2.39. The van der Waals surface area contributed by atoms with Gasteiger partial charge in [-0.2, -0.15) is 13.2 Å². The Bertz CT molecular complexity index is 1190. The van der Waals surface area contributed by atoms with E-state index in [-0.39, 0.29) is 25.6 Å². The van der Waals surface area contributed by atoms with Crippen LogP contribution in [0.4, 0.5) is 13.2 Å². The fraction of sp³-hybridized carbons (Fsp3) is 0.594. The number of rotatable bonds is 13. The van der Waals surface area contributed by atoms with Gasteiger partial charge in [-0.05, 0) is 103 Å². The van der Waals surface area contributed by atoms with E-state index in [0.717, 1.165) is 12.0 Å². The van der Waals surface area contributed by atoms with Crippen LogP contribution in [0.3, 0.4) is 0 Å². The molecule has 0 N–H and O–H groups in total. The summed E-state index contributed by atoms with van der Waals surface area (Å²) in [4.78, 5) is 4.69. The molecule has 42 heavy (non-hydrogen) atoms. The summed E-state index contributed by atoms with van der Waals surface area (Å²) >= 11 is 0. The van der Waals surface area contributed by atoms with Crippen LogP contribution in [0.25, 0.3) is 0 Å². The van der Waals surface area contributed by atoms with Crippen LogP contribution in [0.5, 0.6) is 5.75 Å². The molecule has 2 aromatic rings. The lowest BCUT2D eigenvalue weighted by Gasteiger charge is -2.32. The molecule has 6 nitrogen and oxygen atoms in total. The van der Waals surface area contributed by atoms with Crippen LogP contribution in [-0.4, -0.2) is 42.5 Å². The standard InChI is InChI=1S/C32H45F3NO5P/c1-23-12-9-10-13-26(23)14-11-19-37-28-16-15-25(20-27(28)32(33,34)35)17-18-31(21-38-24(2)36-31)22-39-42(40-29(3,4)5)41-30(6,7)8/h9-10,12-13,15-16,20H,11,14,17-19,21-22H2,1-8H3. The number of halogens is 3. The highest BCUT2D eigenvalue weighted by Crippen LogP contribution is 2.48. The number of nitrogens with zero attached hydrogens (tertiary/aromatic N) is 1. The van der Waals surface area contributed by atoms with Gasteiger partial charge in [0.05, 0.1) is 30.0 Å². The molecule has 1 aliphatic rings. The third-order valence-electron chi connectivity index (χ3n) is 6.42. The van der Waals surface area contributed by atoms with Crippen molar-refractivity contribution in [1.82, 2.24) is 0 Å². The highest BCUT2D eigenvalue weighted by molar-refractivity contribution is 7.41. The molecule has 0 radical (unpaired) electrons. The van der Waals surface area contributed by atoms with Gasteiger partial charge in [-0.25, -0.2) is 4.99 Å². The summed E-state index contributed by atoms with van der Waals surface area (Å²) < 4.78 is 71.6. The van der Waals surface area contributed by atoms with Gasteiger partial charge >= 0.3 is 14.8 Å². The van der Waals surface area contributed by atoms with Gasteiger partial charge < -0.3 is 23.0 Å². The molecule has 10 heteroatoms. The van der Waals surface area contributed by atoms with Gasteiger partial charge in [0.15, 0.2) is 5.90 Å². The first-order chi connectivity index (χ1) is 19.4. The predicted octanol–water partition coefficient (Wildman–Crippen LogP) is 9.02. The highest BCUT2D eigenvalue weighted by atomic mass is 31.2. The quantitative estimate of drug-likeness (QED) is 0.167. The number of aryl methyl sites for hydroxylation is 3. The summed E-state index contributed by atoms with van der Waals surface area (Å²) in [6.07, 6.45) is -2.42. The van der Waals surface area contributed by atoms with Crippen molar-refractivity contribution >= 4 is 14.5 Å². The van der Waals surface area contributed by atoms with Crippen molar-refractivity contribution in [3.63, 3.8) is 0 Å². The Morgan fingerprint density at radius 2 is 1.60 bits per heavy atom. The summed E-state index contributed by atoms with van der Waals surface area (Å²) in [7, 11) is -1.70. The molecule has 0 saturated heterocycles. The molecule has 0 spiro atoms. The fourth-order valence-electron chi connectivity index (χ4n) is 4.40. The van der Waals surface area contributed by atoms with Gasteiger partial charge in [0.25, 0.3) is 0 Å². The van der Waals surface area contributed by atoms with Crippen molar-refractivity contribution in [1.29, 1.82) is 0 Å². The normalized spacial score (nSPS) is 17.9. The van der Waals surface area contributed by atoms with Crippen molar-refractivity contribution in [2.45, 2.75) is 104 Å². The third kappa shape index (κ3) is 11.1. The van der Waals surface area contributed by atoms with E-state index in [9.17, 15) is 13.2 Å². The Morgan fingerprint density at radius 1 is 0.929 bits per heavy atom. The molecule has 0 aromatic heterocycles. The summed E-state index contributed by atoms with van der Waals surface area (Å²) in [6, 6.07) is 12.3. The summed E-state index contributed by atoms with van der Waals surface area (Å²) in [5.41, 5.74) is 0.338. The summed E-state index contributed by atoms with van der Waals surface area (Å²) in [5.74, 6) is 0.360. The van der Waals surface area contributed by atoms with Crippen molar-refractivity contribution in [3.8, 4) is 5.75 Å². The molecule has 1 unspecified atom stereocenters. The van der Waals surface area contributed by atoms with Crippen LogP contribution < -0.4 is 4.74 Å². The Hall–Kier alpha value is -2.19. The first-order valence-electron chi connectivity index (χ1n) is 14.3. The van der Waals surface area contributed by atoms with E-state index in [2.05, 4.69) is 0 Å². The van der Waals surface area contributed by atoms with Gasteiger partial charge in [-0.1, -0.05) is 30.3 Å². The average molecular weight is 612 g/mol. The van der Waals surface area contributed by atoms with Crippen LogP contribution in [0.1, 0.15) is 83.6 Å². The van der Waals surface area contributed by atoms with Crippen molar-refractivity contribution in [2.24, 2.45) is 4.99 Å². The SMILES string of the molecule is CC1=NC(CCc2ccc(OCCCc3ccccc3C)c(C(F)(F)F)c2)(COP(OC(C)(C)C)OC(C)(C)C)CO1. The zero-order chi connectivity index (χ0) is 31.2. The second-order valence-corrected chi connectivity index (χ2v) is 13.8. The summed E-state index contributed by atoms with van der Waals surface area (Å²) in [6.45, 7) is 15.9. The lowest BCUT2D eigenvalue weighted by molar-refractivity contribution is -0.139. The molecule has 0 amide bonds. The van der Waals surface area contributed by atoms with E-state index in [1.54, 1.807) is 13.0 Å². The molecular formula is C32H45F3NO5P. The van der Waals surface area contributed by atoms with E-state index < -0.39 is 37.1 Å². The Morgan fingerprint density at radius 3 is 2.17 bits per heavy atom. The molecule has 234 valence electrons. The Kier molecular flexibility index (Phi) is 11.5.